The molecule has 2 amide bonds. The highest BCUT2D eigenvalue weighted by molar-refractivity contribution is 5.93. The Hall–Kier alpha value is -1.86. The SMILES string of the molecule is C[C@H](NC(=O)CN(C)C)c1cc(C(=O)NO)cn1C. The Balaban J connectivity index is 2.77. The second-order valence-electron chi connectivity index (χ2n) is 4.73. The molecule has 1 aromatic rings. The van der Waals surface area contributed by atoms with Crippen LogP contribution < -0.4 is 10.8 Å². The van der Waals surface area contributed by atoms with E-state index < -0.39 is 5.91 Å². The van der Waals surface area contributed by atoms with E-state index in [9.17, 15) is 9.59 Å². The number of aryl methyl sites for hydroxylation is 1. The van der Waals surface area contributed by atoms with E-state index in [1.807, 2.05) is 21.0 Å². The minimum absolute atomic E-state index is 0.0909. The van der Waals surface area contributed by atoms with E-state index in [1.165, 1.54) is 0 Å². The standard InChI is InChI=1S/C12H20N4O3/c1-8(13-11(17)7-15(2)3)10-5-9(6-16(10)4)12(18)14-19/h5-6,8,19H,7H2,1-4H3,(H,13,17)(H,14,18)/t8-/m0/s1. The summed E-state index contributed by atoms with van der Waals surface area (Å²) in [5.74, 6) is -0.666. The number of carbonyl (C=O) groups is 2. The molecule has 1 atom stereocenters. The molecule has 0 radical (unpaired) electrons. The van der Waals surface area contributed by atoms with Crippen LogP contribution in [0.4, 0.5) is 0 Å². The van der Waals surface area contributed by atoms with Gasteiger partial charge in [0.1, 0.15) is 0 Å². The topological polar surface area (TPSA) is 86.6 Å². The summed E-state index contributed by atoms with van der Waals surface area (Å²) in [6.07, 6.45) is 1.59. The highest BCUT2D eigenvalue weighted by Crippen LogP contribution is 2.15. The first-order valence-corrected chi connectivity index (χ1v) is 5.90. The van der Waals surface area contributed by atoms with Crippen LogP contribution in [0.2, 0.25) is 0 Å². The Morgan fingerprint density at radius 2 is 2.11 bits per heavy atom. The van der Waals surface area contributed by atoms with Gasteiger partial charge in [0.05, 0.1) is 18.2 Å². The molecule has 0 bridgehead atoms. The van der Waals surface area contributed by atoms with Crippen molar-refractivity contribution < 1.29 is 14.8 Å². The maximum Gasteiger partial charge on any atom is 0.276 e. The molecule has 19 heavy (non-hydrogen) atoms. The summed E-state index contributed by atoms with van der Waals surface area (Å²) in [6, 6.07) is 1.41. The lowest BCUT2D eigenvalue weighted by atomic mass is 10.2. The lowest BCUT2D eigenvalue weighted by molar-refractivity contribution is -0.122. The number of amides is 2. The molecule has 7 nitrogen and oxygen atoms in total. The predicted molar refractivity (Wildman–Crippen MR) is 69.8 cm³/mol. The summed E-state index contributed by atoms with van der Waals surface area (Å²) in [5, 5.41) is 11.4. The van der Waals surface area contributed by atoms with Crippen LogP contribution in [-0.4, -0.2) is 47.1 Å². The fourth-order valence-electron chi connectivity index (χ4n) is 1.85. The molecule has 3 N–H and O–H groups in total. The van der Waals surface area contributed by atoms with Gasteiger partial charge in [-0.2, -0.15) is 0 Å². The van der Waals surface area contributed by atoms with Crippen molar-refractivity contribution in [3.05, 3.63) is 23.5 Å². The molecule has 0 unspecified atom stereocenters. The molecule has 106 valence electrons. The van der Waals surface area contributed by atoms with Crippen molar-refractivity contribution in [2.75, 3.05) is 20.6 Å². The van der Waals surface area contributed by atoms with Crippen LogP contribution >= 0.6 is 0 Å². The number of nitrogens with one attached hydrogen (secondary N) is 2. The Labute approximate surface area is 112 Å². The van der Waals surface area contributed by atoms with E-state index in [1.54, 1.807) is 34.3 Å². The summed E-state index contributed by atoms with van der Waals surface area (Å²) in [4.78, 5) is 24.7. The van der Waals surface area contributed by atoms with Gasteiger partial charge in [-0.25, -0.2) is 5.48 Å². The van der Waals surface area contributed by atoms with Crippen LogP contribution in [-0.2, 0) is 11.8 Å². The van der Waals surface area contributed by atoms with E-state index in [0.29, 0.717) is 12.1 Å². The zero-order valence-electron chi connectivity index (χ0n) is 11.6. The lowest BCUT2D eigenvalue weighted by Crippen LogP contribution is -2.35. The number of nitrogens with zero attached hydrogens (tertiary/aromatic N) is 2. The maximum absolute atomic E-state index is 11.7. The monoisotopic (exact) mass is 268 g/mol. The van der Waals surface area contributed by atoms with Crippen LogP contribution in [0.3, 0.4) is 0 Å². The van der Waals surface area contributed by atoms with Gasteiger partial charge < -0.3 is 14.8 Å². The van der Waals surface area contributed by atoms with Crippen LogP contribution in [0.25, 0.3) is 0 Å². The third-order valence-electron chi connectivity index (χ3n) is 2.69. The second kappa shape index (κ2) is 6.35. The molecule has 7 heteroatoms. The van der Waals surface area contributed by atoms with Gasteiger partial charge in [-0.05, 0) is 27.1 Å². The molecule has 1 aromatic heterocycles. The van der Waals surface area contributed by atoms with Crippen LogP contribution in [0.15, 0.2) is 12.3 Å². The van der Waals surface area contributed by atoms with Gasteiger partial charge >= 0.3 is 0 Å². The molecule has 1 heterocycles. The Kier molecular flexibility index (Phi) is 5.08. The van der Waals surface area contributed by atoms with Crippen molar-refractivity contribution in [1.29, 1.82) is 0 Å². The third-order valence-corrected chi connectivity index (χ3v) is 2.69. The number of hydrogen-bond donors (Lipinski definition) is 3. The van der Waals surface area contributed by atoms with Gasteiger partial charge in [0.15, 0.2) is 0 Å². The van der Waals surface area contributed by atoms with Crippen LogP contribution in [0, 0.1) is 0 Å². The fourth-order valence-corrected chi connectivity index (χ4v) is 1.85. The number of hydroxylamine groups is 1. The molecule has 0 aliphatic carbocycles. The van der Waals surface area contributed by atoms with Crippen molar-refractivity contribution in [1.82, 2.24) is 20.3 Å². The summed E-state index contributed by atoms with van der Waals surface area (Å²) in [6.45, 7) is 2.14. The average molecular weight is 268 g/mol. The largest absolute Gasteiger partial charge is 0.352 e. The summed E-state index contributed by atoms with van der Waals surface area (Å²) >= 11 is 0. The van der Waals surface area contributed by atoms with Gasteiger partial charge in [-0.15, -0.1) is 0 Å². The fraction of sp³-hybridized carbons (Fsp3) is 0.500. The van der Waals surface area contributed by atoms with E-state index in [2.05, 4.69) is 5.32 Å². The summed E-state index contributed by atoms with van der Waals surface area (Å²) in [5.41, 5.74) is 2.71. The second-order valence-corrected chi connectivity index (χ2v) is 4.73. The van der Waals surface area contributed by atoms with Crippen LogP contribution in [0.1, 0.15) is 29.0 Å². The van der Waals surface area contributed by atoms with Crippen molar-refractivity contribution in [2.45, 2.75) is 13.0 Å². The quantitative estimate of drug-likeness (QED) is 0.513. The molecule has 1 rings (SSSR count). The predicted octanol–water partition coefficient (Wildman–Crippen LogP) is -0.117. The minimum atomic E-state index is -0.575. The lowest BCUT2D eigenvalue weighted by Gasteiger charge is -2.16. The third kappa shape index (κ3) is 4.08. The van der Waals surface area contributed by atoms with Gasteiger partial charge in [-0.3, -0.25) is 14.8 Å². The van der Waals surface area contributed by atoms with Crippen molar-refractivity contribution in [3.8, 4) is 0 Å². The number of carbonyl (C=O) groups excluding carboxylic acids is 2. The first-order valence-electron chi connectivity index (χ1n) is 5.90. The highest BCUT2D eigenvalue weighted by atomic mass is 16.5. The zero-order valence-corrected chi connectivity index (χ0v) is 11.6. The highest BCUT2D eigenvalue weighted by Gasteiger charge is 2.16. The first kappa shape index (κ1) is 15.2. The molecular formula is C12H20N4O3. The van der Waals surface area contributed by atoms with E-state index >= 15 is 0 Å². The molecule has 0 aromatic carbocycles. The molecule has 0 saturated carbocycles. The molecular weight excluding hydrogens is 248 g/mol. The Bertz CT molecular complexity index is 468. The van der Waals surface area contributed by atoms with E-state index in [4.69, 9.17) is 5.21 Å². The van der Waals surface area contributed by atoms with E-state index in [-0.39, 0.29) is 11.9 Å². The number of rotatable bonds is 5. The van der Waals surface area contributed by atoms with Gasteiger partial charge in [0.25, 0.3) is 5.91 Å². The molecule has 0 fully saturated rings. The Morgan fingerprint density at radius 3 is 2.63 bits per heavy atom. The molecule has 0 spiro atoms. The number of likely N-dealkylation sites (N-methyl/N-ethyl adjacent to an activating group) is 1. The minimum Gasteiger partial charge on any atom is -0.352 e. The van der Waals surface area contributed by atoms with Gasteiger partial charge in [0, 0.05) is 18.9 Å². The van der Waals surface area contributed by atoms with Crippen molar-refractivity contribution >= 4 is 11.8 Å². The average Bonchev–Trinajstić information content (AvgIpc) is 2.69. The molecule has 0 aliphatic heterocycles. The Morgan fingerprint density at radius 1 is 1.47 bits per heavy atom. The van der Waals surface area contributed by atoms with Crippen molar-refractivity contribution in [3.63, 3.8) is 0 Å². The van der Waals surface area contributed by atoms with Crippen LogP contribution in [0.5, 0.6) is 0 Å². The first-order chi connectivity index (χ1) is 8.85. The van der Waals surface area contributed by atoms with Gasteiger partial charge in [0.2, 0.25) is 5.91 Å². The van der Waals surface area contributed by atoms with Crippen molar-refractivity contribution in [2.24, 2.45) is 7.05 Å². The molecule has 0 aliphatic rings. The smallest absolute Gasteiger partial charge is 0.276 e. The summed E-state index contributed by atoms with van der Waals surface area (Å²) < 4.78 is 1.74. The van der Waals surface area contributed by atoms with E-state index in [0.717, 1.165) is 5.69 Å². The molecule has 0 saturated heterocycles. The van der Waals surface area contributed by atoms with Gasteiger partial charge in [-0.1, -0.05) is 0 Å². The number of hydrogen-bond acceptors (Lipinski definition) is 4. The zero-order chi connectivity index (χ0) is 14.6. The summed E-state index contributed by atoms with van der Waals surface area (Å²) in [7, 11) is 5.41. The number of aromatic nitrogens is 1. The maximum atomic E-state index is 11.7. The normalized spacial score (nSPS) is 12.3.